The molecular weight excluding hydrogens is 244 g/mol. The van der Waals surface area contributed by atoms with E-state index in [1.54, 1.807) is 11.8 Å². The van der Waals surface area contributed by atoms with Crippen LogP contribution >= 0.6 is 0 Å². The molecule has 0 bridgehead atoms. The number of anilines is 1. The lowest BCUT2D eigenvalue weighted by Crippen LogP contribution is -2.34. The molecule has 0 saturated carbocycles. The fourth-order valence-corrected chi connectivity index (χ4v) is 2.23. The molecule has 0 spiro atoms. The summed E-state index contributed by atoms with van der Waals surface area (Å²) in [7, 11) is 1.71. The van der Waals surface area contributed by atoms with Gasteiger partial charge in [0.05, 0.1) is 17.8 Å². The SMILES string of the molecule is CO[C@H]1CNCC1Nc1nnnn1-c1ccccc1. The van der Waals surface area contributed by atoms with Gasteiger partial charge in [0.15, 0.2) is 0 Å². The summed E-state index contributed by atoms with van der Waals surface area (Å²) in [5, 5.41) is 18.4. The van der Waals surface area contributed by atoms with E-state index >= 15 is 0 Å². The van der Waals surface area contributed by atoms with Crippen LogP contribution in [0.25, 0.3) is 5.69 Å². The quantitative estimate of drug-likeness (QED) is 0.809. The van der Waals surface area contributed by atoms with Gasteiger partial charge in [-0.05, 0) is 22.6 Å². The average Bonchev–Trinajstić information content (AvgIpc) is 3.09. The second kappa shape index (κ2) is 5.33. The number of nitrogens with zero attached hydrogens (tertiary/aromatic N) is 4. The Morgan fingerprint density at radius 1 is 1.32 bits per heavy atom. The highest BCUT2D eigenvalue weighted by Crippen LogP contribution is 2.14. The standard InChI is InChI=1S/C12H16N6O/c1-19-11-8-13-7-10(11)14-12-15-16-17-18(12)9-5-3-2-4-6-9/h2-6,10-11,13H,7-8H2,1H3,(H,14,15,17)/t10?,11-/m0/s1. The molecule has 1 saturated heterocycles. The molecule has 2 heterocycles. The lowest BCUT2D eigenvalue weighted by atomic mass is 10.2. The number of rotatable bonds is 4. The monoisotopic (exact) mass is 260 g/mol. The molecule has 3 rings (SSSR count). The van der Waals surface area contributed by atoms with Crippen LogP contribution in [0.5, 0.6) is 0 Å². The second-order valence-electron chi connectivity index (χ2n) is 4.43. The number of nitrogens with one attached hydrogen (secondary N) is 2. The molecule has 0 radical (unpaired) electrons. The third kappa shape index (κ3) is 2.42. The second-order valence-corrected chi connectivity index (χ2v) is 4.43. The number of aromatic nitrogens is 4. The van der Waals surface area contributed by atoms with E-state index in [-0.39, 0.29) is 12.1 Å². The van der Waals surface area contributed by atoms with Crippen LogP contribution in [0, 0.1) is 0 Å². The van der Waals surface area contributed by atoms with Crippen molar-refractivity contribution in [3.8, 4) is 5.69 Å². The molecule has 1 aromatic carbocycles. The van der Waals surface area contributed by atoms with Crippen molar-refractivity contribution in [2.75, 3.05) is 25.5 Å². The Kier molecular flexibility index (Phi) is 3.39. The summed E-state index contributed by atoms with van der Waals surface area (Å²) in [6.07, 6.45) is 0.126. The van der Waals surface area contributed by atoms with Crippen molar-refractivity contribution >= 4 is 5.95 Å². The van der Waals surface area contributed by atoms with Crippen molar-refractivity contribution < 1.29 is 4.74 Å². The van der Waals surface area contributed by atoms with Gasteiger partial charge in [-0.25, -0.2) is 0 Å². The molecule has 2 N–H and O–H groups in total. The number of hydrogen-bond donors (Lipinski definition) is 2. The van der Waals surface area contributed by atoms with Crippen LogP contribution < -0.4 is 10.6 Å². The van der Waals surface area contributed by atoms with E-state index < -0.39 is 0 Å². The fraction of sp³-hybridized carbons (Fsp3) is 0.417. The Hall–Kier alpha value is -1.99. The summed E-state index contributed by atoms with van der Waals surface area (Å²) in [4.78, 5) is 0. The first-order valence-electron chi connectivity index (χ1n) is 6.22. The molecular formula is C12H16N6O. The number of tetrazole rings is 1. The lowest BCUT2D eigenvalue weighted by Gasteiger charge is -2.18. The van der Waals surface area contributed by atoms with E-state index in [1.165, 1.54) is 0 Å². The molecule has 2 aromatic rings. The van der Waals surface area contributed by atoms with Gasteiger partial charge in [0.2, 0.25) is 5.95 Å². The maximum Gasteiger partial charge on any atom is 0.248 e. The topological polar surface area (TPSA) is 76.9 Å². The molecule has 0 amide bonds. The first-order valence-corrected chi connectivity index (χ1v) is 6.22. The Morgan fingerprint density at radius 3 is 2.95 bits per heavy atom. The summed E-state index contributed by atoms with van der Waals surface area (Å²) in [5.74, 6) is 0.627. The van der Waals surface area contributed by atoms with Gasteiger partial charge in [-0.15, -0.1) is 0 Å². The maximum atomic E-state index is 5.42. The Labute approximate surface area is 111 Å². The highest BCUT2D eigenvalue weighted by molar-refractivity contribution is 5.39. The molecule has 1 aromatic heterocycles. The van der Waals surface area contributed by atoms with Crippen molar-refractivity contribution in [2.45, 2.75) is 12.1 Å². The van der Waals surface area contributed by atoms with E-state index in [1.807, 2.05) is 30.3 Å². The van der Waals surface area contributed by atoms with Crippen molar-refractivity contribution in [3.05, 3.63) is 30.3 Å². The van der Waals surface area contributed by atoms with Crippen LogP contribution in [0.15, 0.2) is 30.3 Å². The highest BCUT2D eigenvalue weighted by Gasteiger charge is 2.28. The van der Waals surface area contributed by atoms with Gasteiger partial charge in [0, 0.05) is 20.2 Å². The van der Waals surface area contributed by atoms with Gasteiger partial charge in [0.1, 0.15) is 0 Å². The smallest absolute Gasteiger partial charge is 0.248 e. The highest BCUT2D eigenvalue weighted by atomic mass is 16.5. The van der Waals surface area contributed by atoms with Gasteiger partial charge in [-0.3, -0.25) is 0 Å². The Balaban J connectivity index is 1.81. The number of hydrogen-bond acceptors (Lipinski definition) is 6. The molecule has 1 fully saturated rings. The van der Waals surface area contributed by atoms with E-state index in [2.05, 4.69) is 26.2 Å². The number of ether oxygens (including phenoxy) is 1. The van der Waals surface area contributed by atoms with Gasteiger partial charge < -0.3 is 15.4 Å². The zero-order valence-corrected chi connectivity index (χ0v) is 10.7. The van der Waals surface area contributed by atoms with E-state index in [0.29, 0.717) is 5.95 Å². The Bertz CT molecular complexity index is 528. The normalized spacial score (nSPS) is 22.6. The molecule has 2 atom stereocenters. The predicted molar refractivity (Wildman–Crippen MR) is 70.2 cm³/mol. The number of methoxy groups -OCH3 is 1. The summed E-state index contributed by atoms with van der Waals surface area (Å²) in [6.45, 7) is 1.67. The molecule has 100 valence electrons. The molecule has 1 aliphatic rings. The third-order valence-corrected chi connectivity index (χ3v) is 3.25. The van der Waals surface area contributed by atoms with Gasteiger partial charge in [-0.1, -0.05) is 23.3 Å². The molecule has 7 heteroatoms. The summed E-state index contributed by atoms with van der Waals surface area (Å²) in [6, 6.07) is 9.96. The lowest BCUT2D eigenvalue weighted by molar-refractivity contribution is 0.111. The number of benzene rings is 1. The van der Waals surface area contributed by atoms with Gasteiger partial charge in [-0.2, -0.15) is 4.68 Å². The van der Waals surface area contributed by atoms with Gasteiger partial charge >= 0.3 is 0 Å². The van der Waals surface area contributed by atoms with Crippen LogP contribution in [0.2, 0.25) is 0 Å². The van der Waals surface area contributed by atoms with Crippen LogP contribution in [0.4, 0.5) is 5.95 Å². The molecule has 7 nitrogen and oxygen atoms in total. The molecule has 1 unspecified atom stereocenters. The number of para-hydroxylation sites is 1. The minimum atomic E-state index is 0.126. The van der Waals surface area contributed by atoms with Crippen molar-refractivity contribution in [3.63, 3.8) is 0 Å². The summed E-state index contributed by atoms with van der Waals surface area (Å²) >= 11 is 0. The first-order chi connectivity index (χ1) is 9.38. The Morgan fingerprint density at radius 2 is 2.16 bits per heavy atom. The maximum absolute atomic E-state index is 5.42. The van der Waals surface area contributed by atoms with E-state index in [0.717, 1.165) is 18.8 Å². The predicted octanol–water partition coefficient (Wildman–Crippen LogP) is 0.0610. The molecule has 19 heavy (non-hydrogen) atoms. The fourth-order valence-electron chi connectivity index (χ4n) is 2.23. The van der Waals surface area contributed by atoms with Crippen molar-refractivity contribution in [2.24, 2.45) is 0 Å². The van der Waals surface area contributed by atoms with Crippen LogP contribution in [0.3, 0.4) is 0 Å². The molecule has 1 aliphatic heterocycles. The minimum Gasteiger partial charge on any atom is -0.378 e. The van der Waals surface area contributed by atoms with Crippen LogP contribution in [-0.4, -0.2) is 52.6 Å². The van der Waals surface area contributed by atoms with Crippen molar-refractivity contribution in [1.82, 2.24) is 25.5 Å². The summed E-state index contributed by atoms with van der Waals surface area (Å²) < 4.78 is 7.10. The van der Waals surface area contributed by atoms with E-state index in [4.69, 9.17) is 4.74 Å². The minimum absolute atomic E-state index is 0.126. The average molecular weight is 260 g/mol. The largest absolute Gasteiger partial charge is 0.378 e. The summed E-state index contributed by atoms with van der Waals surface area (Å²) in [5.41, 5.74) is 0.926. The molecule has 0 aliphatic carbocycles. The third-order valence-electron chi connectivity index (χ3n) is 3.25. The first kappa shape index (κ1) is 12.1. The van der Waals surface area contributed by atoms with Gasteiger partial charge in [0.25, 0.3) is 0 Å². The van der Waals surface area contributed by atoms with E-state index in [9.17, 15) is 0 Å². The van der Waals surface area contributed by atoms with Crippen molar-refractivity contribution in [1.29, 1.82) is 0 Å². The zero-order valence-electron chi connectivity index (χ0n) is 10.7. The zero-order chi connectivity index (χ0) is 13.1. The van der Waals surface area contributed by atoms with Crippen LogP contribution in [0.1, 0.15) is 0 Å². The van der Waals surface area contributed by atoms with Crippen LogP contribution in [-0.2, 0) is 4.74 Å².